The number of likely N-dealkylation sites (tertiary alicyclic amines) is 1. The normalized spacial score (nSPS) is 18.4. The molecule has 0 radical (unpaired) electrons. The largest absolute Gasteiger partial charge is 0.336 e. The number of rotatable bonds is 7. The third-order valence-corrected chi connectivity index (χ3v) is 6.52. The highest BCUT2D eigenvalue weighted by molar-refractivity contribution is 5.94. The third-order valence-electron chi connectivity index (χ3n) is 6.52. The van der Waals surface area contributed by atoms with E-state index in [2.05, 4.69) is 4.90 Å². The van der Waals surface area contributed by atoms with E-state index < -0.39 is 0 Å². The van der Waals surface area contributed by atoms with Crippen LogP contribution in [0.4, 0.5) is 13.2 Å². The number of hydrogen-bond donors (Lipinski definition) is 0. The first kappa shape index (κ1) is 24.0. The monoisotopic (exact) mass is 466 g/mol. The van der Waals surface area contributed by atoms with Gasteiger partial charge in [0.15, 0.2) is 0 Å². The molecule has 3 aromatic carbocycles. The van der Waals surface area contributed by atoms with Crippen LogP contribution in [0.5, 0.6) is 0 Å². The van der Waals surface area contributed by atoms with Crippen molar-refractivity contribution in [1.29, 1.82) is 0 Å². The van der Waals surface area contributed by atoms with E-state index in [-0.39, 0.29) is 41.2 Å². The summed E-state index contributed by atoms with van der Waals surface area (Å²) < 4.78 is 40.7. The van der Waals surface area contributed by atoms with Crippen LogP contribution in [0.25, 0.3) is 0 Å². The average molecular weight is 467 g/mol. The Labute approximate surface area is 198 Å². The molecule has 1 saturated heterocycles. The number of carbonyl (C=O) groups excluding carboxylic acids is 1. The van der Waals surface area contributed by atoms with E-state index in [1.54, 1.807) is 24.3 Å². The topological polar surface area (TPSA) is 23.6 Å². The summed E-state index contributed by atoms with van der Waals surface area (Å²) in [7, 11) is 0. The molecule has 34 heavy (non-hydrogen) atoms. The Bertz CT molecular complexity index is 1120. The van der Waals surface area contributed by atoms with Gasteiger partial charge in [-0.2, -0.15) is 0 Å². The van der Waals surface area contributed by atoms with E-state index in [9.17, 15) is 18.0 Å². The fourth-order valence-corrected chi connectivity index (χ4v) is 4.79. The number of nitrogens with zero attached hydrogens (tertiary/aromatic N) is 2. The van der Waals surface area contributed by atoms with Crippen molar-refractivity contribution < 1.29 is 18.0 Å². The Kier molecular flexibility index (Phi) is 7.37. The van der Waals surface area contributed by atoms with E-state index >= 15 is 0 Å². The second-order valence-corrected chi connectivity index (χ2v) is 9.30. The van der Waals surface area contributed by atoms with Gasteiger partial charge in [0.1, 0.15) is 17.5 Å². The van der Waals surface area contributed by atoms with Gasteiger partial charge in [-0.25, -0.2) is 13.2 Å². The van der Waals surface area contributed by atoms with Crippen molar-refractivity contribution in [2.24, 2.45) is 5.92 Å². The number of amides is 1. The van der Waals surface area contributed by atoms with Gasteiger partial charge in [0.25, 0.3) is 5.91 Å². The van der Waals surface area contributed by atoms with Crippen LogP contribution >= 0.6 is 0 Å². The lowest BCUT2D eigenvalue weighted by Gasteiger charge is -2.32. The standard InChI is InChI=1S/C28H29F3N2O/c1-19(2)33(28(34)22-8-12-25(30)13-9-22)17-23-16-32(15-20-4-3-5-26(31)14-20)18-27(23)21-6-10-24(29)11-7-21/h3-14,19,23,27H,15-18H2,1-2H3/t23-,27+/m0/s1. The Balaban J connectivity index is 1.57. The van der Waals surface area contributed by atoms with Crippen LogP contribution in [0.1, 0.15) is 41.3 Å². The van der Waals surface area contributed by atoms with E-state index in [0.717, 1.165) is 24.2 Å². The van der Waals surface area contributed by atoms with Gasteiger partial charge in [0.2, 0.25) is 0 Å². The van der Waals surface area contributed by atoms with Crippen molar-refractivity contribution in [3.05, 3.63) is 107 Å². The van der Waals surface area contributed by atoms with Crippen LogP contribution in [0.15, 0.2) is 72.8 Å². The molecule has 1 heterocycles. The molecule has 0 aromatic heterocycles. The highest BCUT2D eigenvalue weighted by Gasteiger charge is 2.36. The van der Waals surface area contributed by atoms with Gasteiger partial charge in [0, 0.05) is 43.7 Å². The molecule has 2 atom stereocenters. The Morgan fingerprint density at radius 1 is 0.912 bits per heavy atom. The van der Waals surface area contributed by atoms with Crippen LogP contribution in [0.3, 0.4) is 0 Å². The summed E-state index contributed by atoms with van der Waals surface area (Å²) >= 11 is 0. The fourth-order valence-electron chi connectivity index (χ4n) is 4.79. The van der Waals surface area contributed by atoms with Crippen molar-refractivity contribution in [2.45, 2.75) is 32.4 Å². The minimum absolute atomic E-state index is 0.0521. The Hall–Kier alpha value is -3.12. The number of hydrogen-bond acceptors (Lipinski definition) is 2. The van der Waals surface area contributed by atoms with Crippen LogP contribution in [0, 0.1) is 23.4 Å². The first-order valence-electron chi connectivity index (χ1n) is 11.6. The van der Waals surface area contributed by atoms with Crippen LogP contribution in [-0.4, -0.2) is 41.4 Å². The second-order valence-electron chi connectivity index (χ2n) is 9.30. The van der Waals surface area contributed by atoms with Crippen molar-refractivity contribution >= 4 is 5.91 Å². The van der Waals surface area contributed by atoms with Gasteiger partial charge in [-0.3, -0.25) is 9.69 Å². The molecule has 0 spiro atoms. The molecule has 1 aliphatic heterocycles. The Morgan fingerprint density at radius 2 is 1.56 bits per heavy atom. The third kappa shape index (κ3) is 5.68. The van der Waals surface area contributed by atoms with Gasteiger partial charge in [-0.15, -0.1) is 0 Å². The van der Waals surface area contributed by atoms with E-state index in [1.807, 2.05) is 24.8 Å². The minimum Gasteiger partial charge on any atom is -0.336 e. The average Bonchev–Trinajstić information content (AvgIpc) is 3.20. The van der Waals surface area contributed by atoms with Gasteiger partial charge in [-0.05, 0) is 79.4 Å². The number of halogens is 3. The maximum absolute atomic E-state index is 13.7. The first-order chi connectivity index (χ1) is 16.3. The van der Waals surface area contributed by atoms with Crippen molar-refractivity contribution in [3.63, 3.8) is 0 Å². The number of carbonyl (C=O) groups is 1. The van der Waals surface area contributed by atoms with E-state index in [1.165, 1.54) is 42.5 Å². The number of benzene rings is 3. The van der Waals surface area contributed by atoms with Crippen molar-refractivity contribution in [1.82, 2.24) is 9.80 Å². The molecule has 1 fully saturated rings. The lowest BCUT2D eigenvalue weighted by atomic mass is 9.88. The maximum Gasteiger partial charge on any atom is 0.254 e. The summed E-state index contributed by atoms with van der Waals surface area (Å²) in [5, 5.41) is 0. The summed E-state index contributed by atoms with van der Waals surface area (Å²) in [5.41, 5.74) is 2.36. The molecule has 3 nitrogen and oxygen atoms in total. The smallest absolute Gasteiger partial charge is 0.254 e. The molecule has 0 unspecified atom stereocenters. The molecule has 178 valence electrons. The van der Waals surface area contributed by atoms with Crippen molar-refractivity contribution in [2.75, 3.05) is 19.6 Å². The summed E-state index contributed by atoms with van der Waals surface area (Å²) in [6.07, 6.45) is 0. The quantitative estimate of drug-likeness (QED) is 0.435. The zero-order valence-electron chi connectivity index (χ0n) is 19.4. The summed E-state index contributed by atoms with van der Waals surface area (Å²) in [6, 6.07) is 18.7. The van der Waals surface area contributed by atoms with E-state index in [0.29, 0.717) is 18.7 Å². The lowest BCUT2D eigenvalue weighted by Crippen LogP contribution is -2.42. The first-order valence-corrected chi connectivity index (χ1v) is 11.6. The van der Waals surface area contributed by atoms with E-state index in [4.69, 9.17) is 0 Å². The van der Waals surface area contributed by atoms with Gasteiger partial charge >= 0.3 is 0 Å². The summed E-state index contributed by atoms with van der Waals surface area (Å²) in [5.74, 6) is -0.879. The molecule has 0 bridgehead atoms. The molecule has 0 aliphatic carbocycles. The predicted molar refractivity (Wildman–Crippen MR) is 127 cm³/mol. The zero-order chi connectivity index (χ0) is 24.2. The molecule has 4 rings (SSSR count). The maximum atomic E-state index is 13.7. The molecule has 0 N–H and O–H groups in total. The Morgan fingerprint density at radius 3 is 2.18 bits per heavy atom. The molecular formula is C28H29F3N2O. The summed E-state index contributed by atoms with van der Waals surface area (Å²) in [6.45, 7) is 6.48. The van der Waals surface area contributed by atoms with Crippen molar-refractivity contribution in [3.8, 4) is 0 Å². The second kappa shape index (κ2) is 10.4. The predicted octanol–water partition coefficient (Wildman–Crippen LogP) is 5.87. The van der Waals surface area contributed by atoms with Crippen LogP contribution < -0.4 is 0 Å². The molecule has 0 saturated carbocycles. The molecular weight excluding hydrogens is 437 g/mol. The zero-order valence-corrected chi connectivity index (χ0v) is 19.4. The minimum atomic E-state index is -0.382. The van der Waals surface area contributed by atoms with Crippen LogP contribution in [0.2, 0.25) is 0 Å². The van der Waals surface area contributed by atoms with Gasteiger partial charge < -0.3 is 4.90 Å². The molecule has 1 aliphatic rings. The molecule has 6 heteroatoms. The SMILES string of the molecule is CC(C)N(C[C@@H]1CN(Cc2cccc(F)c2)C[C@@H]1c1ccc(F)cc1)C(=O)c1ccc(F)cc1. The molecule has 3 aromatic rings. The van der Waals surface area contributed by atoms with Crippen LogP contribution in [-0.2, 0) is 6.54 Å². The van der Waals surface area contributed by atoms with Gasteiger partial charge in [-0.1, -0.05) is 24.3 Å². The summed E-state index contributed by atoms with van der Waals surface area (Å²) in [4.78, 5) is 17.4. The highest BCUT2D eigenvalue weighted by Crippen LogP contribution is 2.35. The van der Waals surface area contributed by atoms with Gasteiger partial charge in [0.05, 0.1) is 0 Å². The fraction of sp³-hybridized carbons (Fsp3) is 0.321. The lowest BCUT2D eigenvalue weighted by molar-refractivity contribution is 0.0668. The molecule has 1 amide bonds. The highest BCUT2D eigenvalue weighted by atomic mass is 19.1.